The molecule has 0 bridgehead atoms. The molecule has 1 aromatic carbocycles. The molecule has 0 atom stereocenters. The SMILES string of the molecule is COc1ccc(NC(=O)C[NH+]2CCN(c3cccc[nH+]3)CC2)cc1. The van der Waals surface area contributed by atoms with Crippen LogP contribution in [0.2, 0.25) is 0 Å². The van der Waals surface area contributed by atoms with Crippen LogP contribution in [0.4, 0.5) is 11.5 Å². The van der Waals surface area contributed by atoms with Gasteiger partial charge in [-0.25, -0.2) is 4.98 Å². The van der Waals surface area contributed by atoms with Gasteiger partial charge in [0.1, 0.15) is 31.9 Å². The number of benzene rings is 1. The van der Waals surface area contributed by atoms with Crippen molar-refractivity contribution in [2.45, 2.75) is 0 Å². The van der Waals surface area contributed by atoms with Gasteiger partial charge < -0.3 is 15.0 Å². The predicted molar refractivity (Wildman–Crippen MR) is 92.4 cm³/mol. The quantitative estimate of drug-likeness (QED) is 0.803. The summed E-state index contributed by atoms with van der Waals surface area (Å²) in [6.45, 7) is 4.31. The van der Waals surface area contributed by atoms with Crippen molar-refractivity contribution in [2.24, 2.45) is 0 Å². The zero-order chi connectivity index (χ0) is 16.8. The lowest BCUT2D eigenvalue weighted by molar-refractivity contribution is -0.892. The van der Waals surface area contributed by atoms with Crippen LogP contribution in [0.5, 0.6) is 5.75 Å². The maximum Gasteiger partial charge on any atom is 0.279 e. The Morgan fingerprint density at radius 3 is 2.58 bits per heavy atom. The number of piperazine rings is 1. The molecule has 126 valence electrons. The van der Waals surface area contributed by atoms with Crippen LogP contribution in [-0.4, -0.2) is 45.7 Å². The predicted octanol–water partition coefficient (Wildman–Crippen LogP) is -0.147. The summed E-state index contributed by atoms with van der Waals surface area (Å²) < 4.78 is 5.12. The third-order valence-electron chi connectivity index (χ3n) is 4.29. The summed E-state index contributed by atoms with van der Waals surface area (Å²) in [5.74, 6) is 1.97. The van der Waals surface area contributed by atoms with Gasteiger partial charge in [-0.3, -0.25) is 9.69 Å². The Morgan fingerprint density at radius 2 is 1.96 bits per heavy atom. The third kappa shape index (κ3) is 4.23. The second-order valence-corrected chi connectivity index (χ2v) is 5.94. The minimum absolute atomic E-state index is 0.0508. The number of nitrogens with one attached hydrogen (secondary N) is 3. The molecule has 0 unspecified atom stereocenters. The maximum atomic E-state index is 12.2. The largest absolute Gasteiger partial charge is 0.497 e. The molecule has 6 heteroatoms. The molecule has 2 aromatic rings. The Balaban J connectivity index is 1.46. The molecule has 1 aliphatic rings. The Labute approximate surface area is 142 Å². The van der Waals surface area contributed by atoms with Gasteiger partial charge in [-0.15, -0.1) is 0 Å². The van der Waals surface area contributed by atoms with E-state index in [0.29, 0.717) is 6.54 Å². The molecule has 3 rings (SSSR count). The fourth-order valence-corrected chi connectivity index (χ4v) is 2.93. The fourth-order valence-electron chi connectivity index (χ4n) is 2.93. The number of amides is 1. The van der Waals surface area contributed by atoms with Gasteiger partial charge in [-0.2, -0.15) is 0 Å². The highest BCUT2D eigenvalue weighted by atomic mass is 16.5. The van der Waals surface area contributed by atoms with Crippen LogP contribution in [-0.2, 0) is 4.79 Å². The number of carbonyl (C=O) groups is 1. The summed E-state index contributed by atoms with van der Waals surface area (Å²) in [5, 5.41) is 2.95. The van der Waals surface area contributed by atoms with Crippen LogP contribution in [0.15, 0.2) is 48.7 Å². The van der Waals surface area contributed by atoms with E-state index >= 15 is 0 Å². The molecular formula is C18H24N4O2+2. The van der Waals surface area contributed by atoms with Crippen molar-refractivity contribution in [3.63, 3.8) is 0 Å². The van der Waals surface area contributed by atoms with Gasteiger partial charge >= 0.3 is 0 Å². The molecule has 24 heavy (non-hydrogen) atoms. The highest BCUT2D eigenvalue weighted by molar-refractivity contribution is 5.91. The Hall–Kier alpha value is -2.60. The topological polar surface area (TPSA) is 60.1 Å². The summed E-state index contributed by atoms with van der Waals surface area (Å²) in [6.07, 6.45) is 1.94. The van der Waals surface area contributed by atoms with Crippen molar-refractivity contribution in [2.75, 3.05) is 50.1 Å². The standard InChI is InChI=1S/C18H22N4O2/c1-24-16-7-5-15(6-8-16)20-18(23)14-21-10-12-22(13-11-21)17-4-2-3-9-19-17/h2-9H,10-14H2,1H3,(H,20,23)/p+2. The molecule has 0 saturated carbocycles. The van der Waals surface area contributed by atoms with Crippen LogP contribution >= 0.6 is 0 Å². The first kappa shape index (κ1) is 16.3. The van der Waals surface area contributed by atoms with E-state index in [1.807, 2.05) is 42.6 Å². The second-order valence-electron chi connectivity index (χ2n) is 5.94. The smallest absolute Gasteiger partial charge is 0.279 e. The van der Waals surface area contributed by atoms with E-state index in [1.54, 1.807) is 7.11 Å². The van der Waals surface area contributed by atoms with Crippen molar-refractivity contribution < 1.29 is 19.4 Å². The highest BCUT2D eigenvalue weighted by Gasteiger charge is 2.27. The zero-order valence-electron chi connectivity index (χ0n) is 13.9. The van der Waals surface area contributed by atoms with Gasteiger partial charge in [-0.05, 0) is 30.3 Å². The van der Waals surface area contributed by atoms with Gasteiger partial charge in [-0.1, -0.05) is 6.07 Å². The van der Waals surface area contributed by atoms with Gasteiger partial charge in [0.05, 0.1) is 13.3 Å². The Bertz CT molecular complexity index is 652. The van der Waals surface area contributed by atoms with Crippen LogP contribution < -0.4 is 24.8 Å². The summed E-state index contributed by atoms with van der Waals surface area (Å²) in [6, 6.07) is 13.5. The number of carbonyl (C=O) groups excluding carboxylic acids is 1. The van der Waals surface area contributed by atoms with E-state index in [4.69, 9.17) is 4.74 Å². The molecule has 1 aromatic heterocycles. The molecule has 1 aliphatic heterocycles. The number of H-pyrrole nitrogens is 1. The first-order valence-electron chi connectivity index (χ1n) is 8.24. The molecule has 1 amide bonds. The number of hydrogen-bond acceptors (Lipinski definition) is 3. The number of nitrogens with zero attached hydrogens (tertiary/aromatic N) is 1. The average Bonchev–Trinajstić information content (AvgIpc) is 2.64. The number of ether oxygens (including phenoxy) is 1. The van der Waals surface area contributed by atoms with E-state index in [2.05, 4.69) is 21.3 Å². The fraction of sp³-hybridized carbons (Fsp3) is 0.333. The first-order valence-corrected chi connectivity index (χ1v) is 8.24. The van der Waals surface area contributed by atoms with Crippen LogP contribution in [0.3, 0.4) is 0 Å². The Morgan fingerprint density at radius 1 is 1.21 bits per heavy atom. The highest BCUT2D eigenvalue weighted by Crippen LogP contribution is 2.14. The van der Waals surface area contributed by atoms with Crippen LogP contribution in [0.25, 0.3) is 0 Å². The minimum Gasteiger partial charge on any atom is -0.497 e. The number of aromatic amines is 1. The van der Waals surface area contributed by atoms with E-state index < -0.39 is 0 Å². The maximum absolute atomic E-state index is 12.2. The summed E-state index contributed by atoms with van der Waals surface area (Å²) in [5.41, 5.74) is 0.803. The van der Waals surface area contributed by atoms with E-state index in [-0.39, 0.29) is 5.91 Å². The van der Waals surface area contributed by atoms with Gasteiger partial charge in [0.15, 0.2) is 6.54 Å². The minimum atomic E-state index is 0.0508. The van der Waals surface area contributed by atoms with Crippen molar-refractivity contribution in [3.05, 3.63) is 48.7 Å². The van der Waals surface area contributed by atoms with Gasteiger partial charge in [0.2, 0.25) is 0 Å². The van der Waals surface area contributed by atoms with Crippen LogP contribution in [0, 0.1) is 0 Å². The number of aromatic nitrogens is 1. The summed E-state index contributed by atoms with van der Waals surface area (Å²) in [7, 11) is 1.63. The molecular weight excluding hydrogens is 304 g/mol. The molecule has 0 spiro atoms. The van der Waals surface area contributed by atoms with Crippen LogP contribution in [0.1, 0.15) is 0 Å². The van der Waals surface area contributed by atoms with E-state index in [1.165, 1.54) is 4.90 Å². The van der Waals surface area contributed by atoms with Crippen molar-refractivity contribution in [1.82, 2.24) is 0 Å². The molecule has 1 saturated heterocycles. The Kier molecular flexibility index (Phi) is 5.28. The lowest BCUT2D eigenvalue weighted by atomic mass is 10.3. The lowest BCUT2D eigenvalue weighted by Gasteiger charge is -2.27. The van der Waals surface area contributed by atoms with Crippen molar-refractivity contribution in [1.29, 1.82) is 0 Å². The number of pyridine rings is 1. The molecule has 2 heterocycles. The molecule has 0 aliphatic carbocycles. The van der Waals surface area contributed by atoms with Gasteiger partial charge in [0, 0.05) is 11.8 Å². The number of rotatable bonds is 5. The number of quaternary nitrogens is 1. The number of methoxy groups -OCH3 is 1. The zero-order valence-corrected chi connectivity index (χ0v) is 13.9. The second kappa shape index (κ2) is 7.79. The first-order chi connectivity index (χ1) is 11.7. The number of anilines is 2. The van der Waals surface area contributed by atoms with E-state index in [9.17, 15) is 4.79 Å². The van der Waals surface area contributed by atoms with Crippen molar-refractivity contribution >= 4 is 17.4 Å². The summed E-state index contributed by atoms with van der Waals surface area (Å²) in [4.78, 5) is 19.1. The monoisotopic (exact) mass is 328 g/mol. The average molecular weight is 328 g/mol. The third-order valence-corrected chi connectivity index (χ3v) is 4.29. The molecule has 0 radical (unpaired) electrons. The molecule has 3 N–H and O–H groups in total. The molecule has 6 nitrogen and oxygen atoms in total. The lowest BCUT2D eigenvalue weighted by Crippen LogP contribution is -3.15. The van der Waals surface area contributed by atoms with Crippen molar-refractivity contribution in [3.8, 4) is 5.75 Å². The normalized spacial score (nSPS) is 15.1. The van der Waals surface area contributed by atoms with E-state index in [0.717, 1.165) is 43.4 Å². The molecule has 1 fully saturated rings. The van der Waals surface area contributed by atoms with Gasteiger partial charge in [0.25, 0.3) is 11.7 Å². The summed E-state index contributed by atoms with van der Waals surface area (Å²) >= 11 is 0. The number of hydrogen-bond donors (Lipinski definition) is 2.